The van der Waals surface area contributed by atoms with E-state index in [9.17, 15) is 4.79 Å². The lowest BCUT2D eigenvalue weighted by Crippen LogP contribution is -2.21. The summed E-state index contributed by atoms with van der Waals surface area (Å²) >= 11 is 5.95. The smallest absolute Gasteiger partial charge is 0.317 e. The summed E-state index contributed by atoms with van der Waals surface area (Å²) in [6, 6.07) is 5.58. The maximum absolute atomic E-state index is 11.7. The first kappa shape index (κ1) is 11.2. The quantitative estimate of drug-likeness (QED) is 0.552. The number of esters is 1. The van der Waals surface area contributed by atoms with Crippen molar-refractivity contribution in [3.63, 3.8) is 0 Å². The molecule has 1 aromatic carbocycles. The second kappa shape index (κ2) is 4.30. The van der Waals surface area contributed by atoms with E-state index < -0.39 is 0 Å². The Morgan fingerprint density at radius 2 is 2.25 bits per heavy atom. The van der Waals surface area contributed by atoms with Crippen molar-refractivity contribution in [1.29, 1.82) is 0 Å². The van der Waals surface area contributed by atoms with Crippen LogP contribution in [-0.2, 0) is 16.1 Å². The van der Waals surface area contributed by atoms with E-state index in [0.29, 0.717) is 11.6 Å². The highest BCUT2D eigenvalue weighted by Gasteiger charge is 2.27. The summed E-state index contributed by atoms with van der Waals surface area (Å²) in [6.07, 6.45) is 1.91. The fourth-order valence-corrected chi connectivity index (χ4v) is 2.02. The summed E-state index contributed by atoms with van der Waals surface area (Å²) in [6.45, 7) is 4.27. The summed E-state index contributed by atoms with van der Waals surface area (Å²) in [7, 11) is 0. The molecule has 0 bridgehead atoms. The Morgan fingerprint density at radius 3 is 2.94 bits per heavy atom. The topological polar surface area (TPSA) is 26.3 Å². The Balaban J connectivity index is 2.50. The van der Waals surface area contributed by atoms with E-state index in [0.717, 1.165) is 16.7 Å². The van der Waals surface area contributed by atoms with Crippen molar-refractivity contribution in [2.24, 2.45) is 0 Å². The van der Waals surface area contributed by atoms with E-state index in [1.165, 1.54) is 0 Å². The number of rotatable bonds is 1. The molecule has 1 heterocycles. The number of hydrogen-bond donors (Lipinski definition) is 0. The van der Waals surface area contributed by atoms with E-state index in [1.54, 1.807) is 0 Å². The first-order chi connectivity index (χ1) is 7.58. The molecule has 1 unspecified atom stereocenters. The van der Waals surface area contributed by atoms with Gasteiger partial charge in [-0.05, 0) is 37.1 Å². The van der Waals surface area contributed by atoms with Gasteiger partial charge in [-0.1, -0.05) is 29.3 Å². The minimum atomic E-state index is -0.313. The van der Waals surface area contributed by atoms with Crippen LogP contribution in [0.3, 0.4) is 0 Å². The maximum atomic E-state index is 11.7. The molecule has 0 saturated carbocycles. The first-order valence-corrected chi connectivity index (χ1v) is 5.55. The van der Waals surface area contributed by atoms with Gasteiger partial charge in [-0.15, -0.1) is 0 Å². The van der Waals surface area contributed by atoms with Gasteiger partial charge in [-0.3, -0.25) is 4.79 Å². The Bertz CT molecular complexity index is 459. The summed E-state index contributed by atoms with van der Waals surface area (Å²) < 4.78 is 5.13. The third-order valence-corrected chi connectivity index (χ3v) is 2.80. The average Bonchev–Trinajstić information content (AvgIpc) is 2.22. The van der Waals surface area contributed by atoms with Crippen molar-refractivity contribution in [2.45, 2.75) is 26.4 Å². The molecular formula is C13H13ClO2. The van der Waals surface area contributed by atoms with E-state index in [1.807, 2.05) is 38.1 Å². The number of cyclic esters (lactones) is 1. The van der Waals surface area contributed by atoms with Crippen LogP contribution >= 0.6 is 11.6 Å². The Kier molecular flexibility index (Phi) is 3.01. The zero-order valence-corrected chi connectivity index (χ0v) is 10.0. The summed E-state index contributed by atoms with van der Waals surface area (Å²) in [4.78, 5) is 11.7. The van der Waals surface area contributed by atoms with E-state index in [2.05, 4.69) is 0 Å². The predicted molar refractivity (Wildman–Crippen MR) is 63.4 cm³/mol. The van der Waals surface area contributed by atoms with Crippen LogP contribution in [0.1, 0.15) is 30.9 Å². The van der Waals surface area contributed by atoms with E-state index in [4.69, 9.17) is 16.3 Å². The molecule has 2 nitrogen and oxygen atoms in total. The van der Waals surface area contributed by atoms with Crippen LogP contribution in [0.15, 0.2) is 29.8 Å². The third kappa shape index (κ3) is 2.12. The molecule has 1 aliphatic heterocycles. The van der Waals surface area contributed by atoms with Crippen LogP contribution in [0, 0.1) is 0 Å². The highest BCUT2D eigenvalue weighted by molar-refractivity contribution is 6.30. The van der Waals surface area contributed by atoms with Crippen LogP contribution < -0.4 is 0 Å². The molecule has 0 N–H and O–H groups in total. The Labute approximate surface area is 99.9 Å². The zero-order chi connectivity index (χ0) is 11.7. The van der Waals surface area contributed by atoms with Crippen LogP contribution in [0.4, 0.5) is 0 Å². The molecule has 2 rings (SSSR count). The Hall–Kier alpha value is -1.28. The van der Waals surface area contributed by atoms with Gasteiger partial charge >= 0.3 is 5.97 Å². The SMILES string of the molecule is CC(C)=CC1C(=O)OCc2ccc(Cl)cc21. The van der Waals surface area contributed by atoms with Crippen molar-refractivity contribution in [1.82, 2.24) is 0 Å². The molecule has 84 valence electrons. The number of carbonyl (C=O) groups is 1. The highest BCUT2D eigenvalue weighted by Crippen LogP contribution is 2.31. The first-order valence-electron chi connectivity index (χ1n) is 5.18. The zero-order valence-electron chi connectivity index (χ0n) is 9.29. The van der Waals surface area contributed by atoms with Crippen molar-refractivity contribution in [3.05, 3.63) is 46.0 Å². The standard InChI is InChI=1S/C13H13ClO2/c1-8(2)5-12-11-6-10(14)4-3-9(11)7-16-13(12)15/h3-6,12H,7H2,1-2H3. The molecule has 1 aromatic rings. The number of fused-ring (bicyclic) bond motifs is 1. The molecule has 0 spiro atoms. The minimum Gasteiger partial charge on any atom is -0.460 e. The molecule has 16 heavy (non-hydrogen) atoms. The molecule has 0 aliphatic carbocycles. The Morgan fingerprint density at radius 1 is 1.50 bits per heavy atom. The summed E-state index contributed by atoms with van der Waals surface area (Å²) in [5.41, 5.74) is 3.09. The molecule has 1 atom stereocenters. The van der Waals surface area contributed by atoms with Gasteiger partial charge in [0.2, 0.25) is 0 Å². The number of hydrogen-bond acceptors (Lipinski definition) is 2. The molecule has 0 radical (unpaired) electrons. The largest absolute Gasteiger partial charge is 0.460 e. The number of carbonyl (C=O) groups excluding carboxylic acids is 1. The lowest BCUT2D eigenvalue weighted by atomic mass is 9.91. The van der Waals surface area contributed by atoms with Gasteiger partial charge in [0.15, 0.2) is 0 Å². The number of allylic oxidation sites excluding steroid dienone is 1. The third-order valence-electron chi connectivity index (χ3n) is 2.57. The second-order valence-corrected chi connectivity index (χ2v) is 4.61. The lowest BCUT2D eigenvalue weighted by Gasteiger charge is -2.22. The van der Waals surface area contributed by atoms with Gasteiger partial charge in [-0.25, -0.2) is 0 Å². The predicted octanol–water partition coefficient (Wildman–Crippen LogP) is 3.45. The van der Waals surface area contributed by atoms with Crippen molar-refractivity contribution in [2.75, 3.05) is 0 Å². The van der Waals surface area contributed by atoms with Crippen LogP contribution in [0.25, 0.3) is 0 Å². The lowest BCUT2D eigenvalue weighted by molar-refractivity contribution is -0.147. The summed E-state index contributed by atoms with van der Waals surface area (Å²) in [5.74, 6) is -0.511. The number of halogens is 1. The van der Waals surface area contributed by atoms with Crippen molar-refractivity contribution in [3.8, 4) is 0 Å². The van der Waals surface area contributed by atoms with E-state index >= 15 is 0 Å². The number of ether oxygens (including phenoxy) is 1. The van der Waals surface area contributed by atoms with Crippen LogP contribution in [0.5, 0.6) is 0 Å². The highest BCUT2D eigenvalue weighted by atomic mass is 35.5. The minimum absolute atomic E-state index is 0.198. The van der Waals surface area contributed by atoms with Gasteiger partial charge in [0.25, 0.3) is 0 Å². The molecule has 0 saturated heterocycles. The van der Waals surface area contributed by atoms with Gasteiger partial charge in [0, 0.05) is 5.02 Å². The average molecular weight is 237 g/mol. The molecule has 0 amide bonds. The van der Waals surface area contributed by atoms with Crippen molar-refractivity contribution >= 4 is 17.6 Å². The van der Waals surface area contributed by atoms with Gasteiger partial charge in [0.1, 0.15) is 12.5 Å². The van der Waals surface area contributed by atoms with E-state index in [-0.39, 0.29) is 11.9 Å². The van der Waals surface area contributed by atoms with Crippen LogP contribution in [0.2, 0.25) is 5.02 Å². The molecule has 3 heteroatoms. The van der Waals surface area contributed by atoms with Gasteiger partial charge in [-0.2, -0.15) is 0 Å². The summed E-state index contributed by atoms with van der Waals surface area (Å²) in [5, 5.41) is 0.653. The molecule has 1 aliphatic rings. The maximum Gasteiger partial charge on any atom is 0.317 e. The molecule has 0 aromatic heterocycles. The normalized spacial score (nSPS) is 18.7. The van der Waals surface area contributed by atoms with Gasteiger partial charge in [0.05, 0.1) is 0 Å². The van der Waals surface area contributed by atoms with Crippen molar-refractivity contribution < 1.29 is 9.53 Å². The van der Waals surface area contributed by atoms with Crippen LogP contribution in [-0.4, -0.2) is 5.97 Å². The number of benzene rings is 1. The second-order valence-electron chi connectivity index (χ2n) is 4.17. The monoisotopic (exact) mass is 236 g/mol. The molecular weight excluding hydrogens is 224 g/mol. The van der Waals surface area contributed by atoms with Gasteiger partial charge < -0.3 is 4.74 Å². The fourth-order valence-electron chi connectivity index (χ4n) is 1.84. The molecule has 0 fully saturated rings. The fraction of sp³-hybridized carbons (Fsp3) is 0.308.